The van der Waals surface area contributed by atoms with Crippen LogP contribution in [-0.4, -0.2) is 22.2 Å². The fraction of sp³-hybridized carbons (Fsp3) is 0.0377. The van der Waals surface area contributed by atoms with Gasteiger partial charge >= 0.3 is 0 Å². The fourth-order valence-corrected chi connectivity index (χ4v) is 14.7. The van der Waals surface area contributed by atoms with Crippen molar-refractivity contribution in [1.82, 2.24) is 14.1 Å². The maximum Gasteiger partial charge on any atom is 0.179 e. The van der Waals surface area contributed by atoms with E-state index in [2.05, 4.69) is 196 Å². The van der Waals surface area contributed by atoms with E-state index in [4.69, 9.17) is 4.42 Å². The Hall–Kier alpha value is -7.21. The van der Waals surface area contributed by atoms with Crippen molar-refractivity contribution in [2.24, 2.45) is 0 Å². The van der Waals surface area contributed by atoms with Crippen LogP contribution in [-0.2, 0) is 6.42 Å². The molecule has 0 atom stereocenters. The van der Waals surface area contributed by atoms with Gasteiger partial charge in [-0.15, -0.1) is 0 Å². The smallest absolute Gasteiger partial charge is 0.179 e. The first-order chi connectivity index (χ1) is 28.8. The minimum absolute atomic E-state index is 0.898. The Morgan fingerprint density at radius 3 is 1.97 bits per heavy atom. The molecule has 0 N–H and O–H groups in total. The van der Waals surface area contributed by atoms with E-state index in [1.807, 2.05) is 18.5 Å². The molecule has 0 saturated carbocycles. The summed E-state index contributed by atoms with van der Waals surface area (Å²) in [5.74, 6) is 0. The van der Waals surface area contributed by atoms with E-state index in [1.54, 1.807) is 0 Å². The number of furan rings is 1. The molecule has 11 aromatic rings. The van der Waals surface area contributed by atoms with Crippen LogP contribution in [0.5, 0.6) is 0 Å². The first-order valence-electron chi connectivity index (χ1n) is 20.1. The molecule has 0 aliphatic heterocycles. The number of rotatable bonds is 6. The van der Waals surface area contributed by atoms with Gasteiger partial charge in [-0.3, -0.25) is 4.98 Å². The van der Waals surface area contributed by atoms with Crippen LogP contribution in [0.15, 0.2) is 199 Å². The highest BCUT2D eigenvalue weighted by atomic mass is 28.3. The third-order valence-electron chi connectivity index (χ3n) is 12.4. The van der Waals surface area contributed by atoms with Gasteiger partial charge in [0.1, 0.15) is 11.2 Å². The molecule has 1 aliphatic carbocycles. The maximum absolute atomic E-state index is 6.48. The van der Waals surface area contributed by atoms with Crippen LogP contribution in [0.1, 0.15) is 17.7 Å². The zero-order valence-corrected chi connectivity index (χ0v) is 32.7. The van der Waals surface area contributed by atoms with Crippen LogP contribution >= 0.6 is 0 Å². The van der Waals surface area contributed by atoms with Crippen molar-refractivity contribution in [2.75, 3.05) is 0 Å². The van der Waals surface area contributed by atoms with Gasteiger partial charge in [0.25, 0.3) is 0 Å². The number of pyridine rings is 1. The van der Waals surface area contributed by atoms with Crippen LogP contribution in [0.3, 0.4) is 0 Å². The maximum atomic E-state index is 6.48. The summed E-state index contributed by atoms with van der Waals surface area (Å²) in [6.45, 7) is 0. The number of hydrogen-bond donors (Lipinski definition) is 0. The highest BCUT2D eigenvalue weighted by Gasteiger charge is 2.41. The average molecular weight is 760 g/mol. The van der Waals surface area contributed by atoms with Gasteiger partial charge in [-0.05, 0) is 82.1 Å². The first-order valence-corrected chi connectivity index (χ1v) is 22.1. The topological polar surface area (TPSA) is 35.9 Å². The minimum Gasteiger partial charge on any atom is -0.456 e. The molecule has 0 radical (unpaired) electrons. The molecule has 0 spiro atoms. The lowest BCUT2D eigenvalue weighted by atomic mass is 10.0. The molecule has 0 amide bonds. The molecule has 12 rings (SSSR count). The third kappa shape index (κ3) is 4.77. The quantitative estimate of drug-likeness (QED) is 0.125. The Morgan fingerprint density at radius 2 is 1.16 bits per heavy atom. The monoisotopic (exact) mass is 759 g/mol. The molecule has 0 fully saturated rings. The summed E-state index contributed by atoms with van der Waals surface area (Å²) in [4.78, 5) is 4.51. The molecular formula is C53H37N3OSi. The molecule has 4 heterocycles. The lowest BCUT2D eigenvalue weighted by Gasteiger charge is -2.35. The van der Waals surface area contributed by atoms with Gasteiger partial charge in [-0.2, -0.15) is 0 Å². The SMILES string of the molecule is C1=Cc2c(n(-c3ccc([Si](c4ccccc4)(c4ccccc4)c4cccc(-n5c6ccccc6c6cc7c(cc65)oc5ccccc57)c4)cc3)c3ccncc23)CC1. The van der Waals surface area contributed by atoms with Crippen molar-refractivity contribution in [3.8, 4) is 11.4 Å². The Labute approximate surface area is 336 Å². The molecule has 4 nitrogen and oxygen atoms in total. The van der Waals surface area contributed by atoms with E-state index in [0.717, 1.165) is 46.0 Å². The van der Waals surface area contributed by atoms with Crippen LogP contribution in [0.4, 0.5) is 0 Å². The standard InChI is InChI=1S/C53H37N3OSi/c1-3-15-38(16-4-1)58(39-17-5-2-6-18-39,40-28-26-36(27-29-40)55-49-24-11-8-21-43(49)47-35-54-31-30-50(47)55)41-19-13-14-37(32-41)56-48-23-10-7-20-42(48)45-33-46-44-22-9-12-25-52(44)57-53(46)34-51(45)56/h1-10,12-23,25-35H,11,24H2. The van der Waals surface area contributed by atoms with Crippen molar-refractivity contribution in [3.05, 3.63) is 206 Å². The molecule has 1 aliphatic rings. The molecule has 0 bridgehead atoms. The largest absolute Gasteiger partial charge is 0.456 e. The number of benzene rings is 7. The predicted octanol–water partition coefficient (Wildman–Crippen LogP) is 10.4. The zero-order chi connectivity index (χ0) is 38.2. The van der Waals surface area contributed by atoms with Crippen LogP contribution in [0, 0.1) is 0 Å². The highest BCUT2D eigenvalue weighted by Crippen LogP contribution is 2.38. The van der Waals surface area contributed by atoms with Crippen molar-refractivity contribution in [2.45, 2.75) is 12.8 Å². The molecule has 7 aromatic carbocycles. The van der Waals surface area contributed by atoms with E-state index >= 15 is 0 Å². The third-order valence-corrected chi connectivity index (χ3v) is 17.2. The zero-order valence-electron chi connectivity index (χ0n) is 31.7. The van der Waals surface area contributed by atoms with Crippen LogP contribution in [0.25, 0.3) is 72.1 Å². The van der Waals surface area contributed by atoms with Gasteiger partial charge in [-0.25, -0.2) is 0 Å². The normalized spacial score (nSPS) is 13.0. The average Bonchev–Trinajstić information content (AvgIpc) is 3.94. The van der Waals surface area contributed by atoms with Gasteiger partial charge in [0.05, 0.1) is 16.6 Å². The lowest BCUT2D eigenvalue weighted by Crippen LogP contribution is -2.74. The Kier molecular flexibility index (Phi) is 7.34. The van der Waals surface area contributed by atoms with Crippen molar-refractivity contribution in [1.29, 1.82) is 0 Å². The summed E-state index contributed by atoms with van der Waals surface area (Å²) in [5, 5.41) is 11.3. The summed E-state index contributed by atoms with van der Waals surface area (Å²) in [5.41, 5.74) is 10.3. The fourth-order valence-electron chi connectivity index (χ4n) is 9.94. The van der Waals surface area contributed by atoms with Crippen molar-refractivity contribution in [3.63, 3.8) is 0 Å². The van der Waals surface area contributed by atoms with Crippen LogP contribution < -0.4 is 20.7 Å². The molecule has 58 heavy (non-hydrogen) atoms. The second-order valence-corrected chi connectivity index (χ2v) is 19.2. The minimum atomic E-state index is -2.90. The Bertz CT molecular complexity index is 3350. The lowest BCUT2D eigenvalue weighted by molar-refractivity contribution is 0.669. The number of para-hydroxylation sites is 2. The molecule has 274 valence electrons. The summed E-state index contributed by atoms with van der Waals surface area (Å²) in [6.07, 6.45) is 10.5. The Morgan fingerprint density at radius 1 is 0.466 bits per heavy atom. The molecule has 4 aromatic heterocycles. The van der Waals surface area contributed by atoms with Crippen LogP contribution in [0.2, 0.25) is 0 Å². The first kappa shape index (κ1) is 33.0. The van der Waals surface area contributed by atoms with Gasteiger partial charge in [0.2, 0.25) is 0 Å². The Balaban J connectivity index is 1.10. The van der Waals surface area contributed by atoms with E-state index < -0.39 is 8.07 Å². The summed E-state index contributed by atoms with van der Waals surface area (Å²) in [6, 6.07) is 65.1. The van der Waals surface area contributed by atoms with Crippen molar-refractivity contribution >= 4 is 89.5 Å². The number of hydrogen-bond acceptors (Lipinski definition) is 2. The summed E-state index contributed by atoms with van der Waals surface area (Å²) < 4.78 is 11.4. The van der Waals surface area contributed by atoms with Gasteiger partial charge in [-0.1, -0.05) is 133 Å². The van der Waals surface area contributed by atoms with E-state index in [1.165, 1.54) is 64.9 Å². The summed E-state index contributed by atoms with van der Waals surface area (Å²) >= 11 is 0. The molecular weight excluding hydrogens is 723 g/mol. The van der Waals surface area contributed by atoms with E-state index in [0.29, 0.717) is 0 Å². The number of aromatic nitrogens is 3. The van der Waals surface area contributed by atoms with Gasteiger partial charge in [0.15, 0.2) is 8.07 Å². The second kappa shape index (κ2) is 12.9. The molecule has 0 unspecified atom stereocenters. The number of fused-ring (bicyclic) bond motifs is 9. The number of nitrogens with zero attached hydrogens (tertiary/aromatic N) is 3. The molecule has 0 saturated heterocycles. The second-order valence-electron chi connectivity index (χ2n) is 15.4. The van der Waals surface area contributed by atoms with Crippen molar-refractivity contribution < 1.29 is 4.42 Å². The number of allylic oxidation sites excluding steroid dienone is 1. The molecule has 5 heteroatoms. The van der Waals surface area contributed by atoms with Gasteiger partial charge in [0, 0.05) is 68.0 Å². The summed E-state index contributed by atoms with van der Waals surface area (Å²) in [7, 11) is -2.90. The van der Waals surface area contributed by atoms with E-state index in [-0.39, 0.29) is 0 Å². The predicted molar refractivity (Wildman–Crippen MR) is 244 cm³/mol. The van der Waals surface area contributed by atoms with Gasteiger partial charge < -0.3 is 13.6 Å². The highest BCUT2D eigenvalue weighted by molar-refractivity contribution is 7.19. The van der Waals surface area contributed by atoms with E-state index in [9.17, 15) is 0 Å².